The summed E-state index contributed by atoms with van der Waals surface area (Å²) in [5.41, 5.74) is 7.47. The van der Waals surface area contributed by atoms with Crippen molar-refractivity contribution in [2.75, 3.05) is 5.75 Å². The number of oxazole rings is 1. The van der Waals surface area contributed by atoms with Crippen LogP contribution in [-0.4, -0.2) is 16.8 Å². The van der Waals surface area contributed by atoms with Gasteiger partial charge in [0.25, 0.3) is 5.22 Å². The molecule has 2 aromatic rings. The van der Waals surface area contributed by atoms with E-state index in [9.17, 15) is 0 Å². The molecule has 1 unspecified atom stereocenters. The maximum Gasteiger partial charge on any atom is 0.256 e. The molecule has 0 saturated heterocycles. The van der Waals surface area contributed by atoms with Gasteiger partial charge in [0.15, 0.2) is 5.58 Å². The highest BCUT2D eigenvalue weighted by Gasteiger charge is 2.05. The summed E-state index contributed by atoms with van der Waals surface area (Å²) in [7, 11) is 0. The number of rotatable bonds is 5. The lowest BCUT2D eigenvalue weighted by atomic mass is 10.2. The minimum atomic E-state index is 0.282. The van der Waals surface area contributed by atoms with Crippen LogP contribution in [0.15, 0.2) is 33.9 Å². The highest BCUT2D eigenvalue weighted by Crippen LogP contribution is 2.23. The van der Waals surface area contributed by atoms with Crippen molar-refractivity contribution in [1.82, 2.24) is 4.98 Å². The van der Waals surface area contributed by atoms with Crippen molar-refractivity contribution in [3.63, 3.8) is 0 Å². The molecule has 0 aliphatic heterocycles. The van der Waals surface area contributed by atoms with Crippen LogP contribution < -0.4 is 5.73 Å². The summed E-state index contributed by atoms with van der Waals surface area (Å²) in [5, 5.41) is 0.755. The molecule has 3 nitrogen and oxygen atoms in total. The number of fused-ring (bicyclic) bond motifs is 1. The molecule has 16 heavy (non-hydrogen) atoms. The molecule has 1 atom stereocenters. The maximum atomic E-state index is 5.68. The molecule has 86 valence electrons. The molecule has 2 N–H and O–H groups in total. The first-order valence-corrected chi connectivity index (χ1v) is 6.48. The van der Waals surface area contributed by atoms with Gasteiger partial charge in [0.05, 0.1) is 0 Å². The van der Waals surface area contributed by atoms with Crippen molar-refractivity contribution in [3.05, 3.63) is 24.3 Å². The Labute approximate surface area is 99.4 Å². The summed E-state index contributed by atoms with van der Waals surface area (Å²) in [6.45, 7) is 2.03. The van der Waals surface area contributed by atoms with E-state index in [1.807, 2.05) is 31.2 Å². The zero-order chi connectivity index (χ0) is 11.4. The predicted octanol–water partition coefficient (Wildman–Crippen LogP) is 3.05. The summed E-state index contributed by atoms with van der Waals surface area (Å²) in [5.74, 6) is 1.01. The Morgan fingerprint density at radius 3 is 3.00 bits per heavy atom. The third kappa shape index (κ3) is 3.00. The van der Waals surface area contributed by atoms with Gasteiger partial charge in [-0.15, -0.1) is 0 Å². The van der Waals surface area contributed by atoms with Gasteiger partial charge in [-0.05, 0) is 31.9 Å². The zero-order valence-corrected chi connectivity index (χ0v) is 10.2. The van der Waals surface area contributed by atoms with E-state index >= 15 is 0 Å². The number of thioether (sulfide) groups is 1. The minimum absolute atomic E-state index is 0.282. The van der Waals surface area contributed by atoms with E-state index in [4.69, 9.17) is 10.2 Å². The molecular weight excluding hydrogens is 220 g/mol. The highest BCUT2D eigenvalue weighted by atomic mass is 32.2. The second-order valence-electron chi connectivity index (χ2n) is 3.92. The van der Waals surface area contributed by atoms with Gasteiger partial charge in [0.2, 0.25) is 0 Å². The molecule has 1 aromatic carbocycles. The highest BCUT2D eigenvalue weighted by molar-refractivity contribution is 7.99. The Morgan fingerprint density at radius 2 is 2.25 bits per heavy atom. The van der Waals surface area contributed by atoms with Gasteiger partial charge in [-0.3, -0.25) is 0 Å². The largest absolute Gasteiger partial charge is 0.431 e. The molecule has 0 radical (unpaired) electrons. The molecular formula is C12H16N2OS. The third-order valence-electron chi connectivity index (χ3n) is 2.30. The first kappa shape index (κ1) is 11.5. The van der Waals surface area contributed by atoms with Crippen molar-refractivity contribution in [2.24, 2.45) is 5.73 Å². The van der Waals surface area contributed by atoms with Crippen LogP contribution >= 0.6 is 11.8 Å². The summed E-state index contributed by atoms with van der Waals surface area (Å²) >= 11 is 1.65. The van der Waals surface area contributed by atoms with Crippen molar-refractivity contribution < 1.29 is 4.42 Å². The zero-order valence-electron chi connectivity index (χ0n) is 9.35. The van der Waals surface area contributed by atoms with E-state index in [0.717, 1.165) is 34.9 Å². The molecule has 1 heterocycles. The molecule has 2 rings (SSSR count). The van der Waals surface area contributed by atoms with Crippen LogP contribution in [0, 0.1) is 0 Å². The van der Waals surface area contributed by atoms with E-state index in [0.29, 0.717) is 0 Å². The number of nitrogens with zero attached hydrogens (tertiary/aromatic N) is 1. The second-order valence-corrected chi connectivity index (χ2v) is 4.96. The lowest BCUT2D eigenvalue weighted by molar-refractivity contribution is 0.489. The lowest BCUT2D eigenvalue weighted by Gasteiger charge is -2.01. The number of aromatic nitrogens is 1. The molecule has 0 bridgehead atoms. The Kier molecular flexibility index (Phi) is 3.85. The monoisotopic (exact) mass is 236 g/mol. The number of hydrogen-bond acceptors (Lipinski definition) is 4. The average molecular weight is 236 g/mol. The molecule has 4 heteroatoms. The SMILES string of the molecule is CC(N)CCCSc1nc2ccccc2o1. The summed E-state index contributed by atoms with van der Waals surface area (Å²) < 4.78 is 5.60. The minimum Gasteiger partial charge on any atom is -0.431 e. The fraction of sp³-hybridized carbons (Fsp3) is 0.417. The quantitative estimate of drug-likeness (QED) is 0.640. The second kappa shape index (κ2) is 5.37. The van der Waals surface area contributed by atoms with Crippen LogP contribution in [0.1, 0.15) is 19.8 Å². The van der Waals surface area contributed by atoms with Crippen LogP contribution in [0.4, 0.5) is 0 Å². The number of benzene rings is 1. The lowest BCUT2D eigenvalue weighted by Crippen LogP contribution is -2.14. The molecule has 0 spiro atoms. The summed E-state index contributed by atoms with van der Waals surface area (Å²) in [4.78, 5) is 4.39. The van der Waals surface area contributed by atoms with Crippen molar-refractivity contribution in [1.29, 1.82) is 0 Å². The van der Waals surface area contributed by atoms with Gasteiger partial charge in [-0.25, -0.2) is 4.98 Å². The Balaban J connectivity index is 1.89. The van der Waals surface area contributed by atoms with Crippen molar-refractivity contribution in [3.8, 4) is 0 Å². The molecule has 1 aromatic heterocycles. The van der Waals surface area contributed by atoms with Crippen molar-refractivity contribution in [2.45, 2.75) is 31.0 Å². The fourth-order valence-corrected chi connectivity index (χ4v) is 2.27. The van der Waals surface area contributed by atoms with Gasteiger partial charge >= 0.3 is 0 Å². The average Bonchev–Trinajstić information content (AvgIpc) is 2.66. The first-order valence-electron chi connectivity index (χ1n) is 5.49. The number of hydrogen-bond donors (Lipinski definition) is 1. The van der Waals surface area contributed by atoms with E-state index in [2.05, 4.69) is 4.98 Å². The van der Waals surface area contributed by atoms with Gasteiger partial charge in [-0.2, -0.15) is 0 Å². The Hall–Kier alpha value is -1.00. The summed E-state index contributed by atoms with van der Waals surface area (Å²) in [6, 6.07) is 8.11. The molecule has 0 aliphatic rings. The van der Waals surface area contributed by atoms with E-state index in [1.165, 1.54) is 0 Å². The number of para-hydroxylation sites is 2. The van der Waals surface area contributed by atoms with Crippen LogP contribution in [0.25, 0.3) is 11.1 Å². The molecule has 0 saturated carbocycles. The normalized spacial score (nSPS) is 13.1. The first-order chi connectivity index (χ1) is 7.75. The van der Waals surface area contributed by atoms with Crippen LogP contribution in [-0.2, 0) is 0 Å². The standard InChI is InChI=1S/C12H16N2OS/c1-9(13)5-4-8-16-12-14-10-6-2-3-7-11(10)15-12/h2-3,6-7,9H,4-5,8,13H2,1H3. The Bertz CT molecular complexity index is 420. The smallest absolute Gasteiger partial charge is 0.256 e. The van der Waals surface area contributed by atoms with Gasteiger partial charge in [-0.1, -0.05) is 23.9 Å². The van der Waals surface area contributed by atoms with Crippen LogP contribution in [0.3, 0.4) is 0 Å². The third-order valence-corrected chi connectivity index (χ3v) is 3.22. The van der Waals surface area contributed by atoms with Gasteiger partial charge in [0, 0.05) is 11.8 Å². The van der Waals surface area contributed by atoms with Gasteiger partial charge in [0.1, 0.15) is 5.52 Å². The molecule has 0 aliphatic carbocycles. The summed E-state index contributed by atoms with van der Waals surface area (Å²) in [6.07, 6.45) is 2.15. The van der Waals surface area contributed by atoms with E-state index < -0.39 is 0 Å². The predicted molar refractivity (Wildman–Crippen MR) is 67.6 cm³/mol. The topological polar surface area (TPSA) is 52.0 Å². The van der Waals surface area contributed by atoms with Crippen LogP contribution in [0.5, 0.6) is 0 Å². The van der Waals surface area contributed by atoms with Gasteiger partial charge < -0.3 is 10.2 Å². The van der Waals surface area contributed by atoms with Crippen LogP contribution in [0.2, 0.25) is 0 Å². The van der Waals surface area contributed by atoms with E-state index in [-0.39, 0.29) is 6.04 Å². The van der Waals surface area contributed by atoms with E-state index in [1.54, 1.807) is 11.8 Å². The molecule has 0 fully saturated rings. The fourth-order valence-electron chi connectivity index (χ4n) is 1.48. The van der Waals surface area contributed by atoms with Crippen molar-refractivity contribution >= 4 is 22.9 Å². The number of nitrogens with two attached hydrogens (primary N) is 1. The molecule has 0 amide bonds. The maximum absolute atomic E-state index is 5.68. The Morgan fingerprint density at radius 1 is 1.44 bits per heavy atom.